The highest BCUT2D eigenvalue weighted by molar-refractivity contribution is 9.10. The largest absolute Gasteiger partial charge is 0.466 e. The Morgan fingerprint density at radius 3 is 3.00 bits per heavy atom. The summed E-state index contributed by atoms with van der Waals surface area (Å²) in [5, 5.41) is 0. The van der Waals surface area contributed by atoms with Gasteiger partial charge >= 0.3 is 5.97 Å². The Morgan fingerprint density at radius 1 is 1.53 bits per heavy atom. The fraction of sp³-hybridized carbons (Fsp3) is 0.333. The molecule has 1 aromatic heterocycles. The first-order chi connectivity index (χ1) is 8.11. The molecule has 0 aliphatic carbocycles. The first-order valence-corrected chi connectivity index (χ1v) is 6.17. The molecule has 0 aliphatic heterocycles. The van der Waals surface area contributed by atoms with E-state index in [1.807, 2.05) is 29.8 Å². The van der Waals surface area contributed by atoms with Crippen molar-refractivity contribution in [2.75, 3.05) is 6.61 Å². The molecule has 0 N–H and O–H groups in total. The fourth-order valence-corrected chi connectivity index (χ4v) is 2.07. The number of aryl methyl sites for hydroxylation is 1. The van der Waals surface area contributed by atoms with Crippen LogP contribution >= 0.6 is 15.9 Å². The van der Waals surface area contributed by atoms with Gasteiger partial charge in [0.25, 0.3) is 0 Å². The van der Waals surface area contributed by atoms with Crippen LogP contribution in [0.1, 0.15) is 12.7 Å². The normalized spacial score (nSPS) is 10.8. The third-order valence-electron chi connectivity index (χ3n) is 2.54. The van der Waals surface area contributed by atoms with Crippen molar-refractivity contribution in [3.8, 4) is 0 Å². The van der Waals surface area contributed by atoms with Gasteiger partial charge in [-0.25, -0.2) is 4.98 Å². The Labute approximate surface area is 108 Å². The number of imidazole rings is 1. The van der Waals surface area contributed by atoms with Crippen LogP contribution in [-0.2, 0) is 23.0 Å². The Kier molecular flexibility index (Phi) is 3.47. The number of hydrogen-bond donors (Lipinski definition) is 0. The molecular weight excluding hydrogens is 284 g/mol. The summed E-state index contributed by atoms with van der Waals surface area (Å²) >= 11 is 3.40. The first kappa shape index (κ1) is 12.1. The molecule has 0 saturated heterocycles. The molecule has 1 aromatic carbocycles. The zero-order valence-electron chi connectivity index (χ0n) is 9.74. The molecule has 2 aromatic rings. The van der Waals surface area contributed by atoms with E-state index in [9.17, 15) is 4.79 Å². The van der Waals surface area contributed by atoms with Crippen LogP contribution < -0.4 is 0 Å². The minimum atomic E-state index is -0.245. The zero-order chi connectivity index (χ0) is 12.4. The molecule has 0 bridgehead atoms. The lowest BCUT2D eigenvalue weighted by atomic mass is 10.3. The Balaban J connectivity index is 2.35. The van der Waals surface area contributed by atoms with Crippen molar-refractivity contribution in [1.82, 2.24) is 9.55 Å². The number of fused-ring (bicyclic) bond motifs is 1. The lowest BCUT2D eigenvalue weighted by Gasteiger charge is -2.02. The molecule has 17 heavy (non-hydrogen) atoms. The molecule has 2 rings (SSSR count). The number of rotatable bonds is 3. The quantitative estimate of drug-likeness (QED) is 0.817. The maximum absolute atomic E-state index is 11.4. The number of esters is 1. The molecule has 0 amide bonds. The van der Waals surface area contributed by atoms with Crippen molar-refractivity contribution in [3.63, 3.8) is 0 Å². The van der Waals surface area contributed by atoms with E-state index < -0.39 is 0 Å². The van der Waals surface area contributed by atoms with Crippen LogP contribution in [0.4, 0.5) is 0 Å². The molecule has 0 spiro atoms. The van der Waals surface area contributed by atoms with Crippen LogP contribution in [0.3, 0.4) is 0 Å². The van der Waals surface area contributed by atoms with E-state index in [1.54, 1.807) is 6.92 Å². The second-order valence-corrected chi connectivity index (χ2v) is 4.62. The summed E-state index contributed by atoms with van der Waals surface area (Å²) in [5.41, 5.74) is 1.88. The zero-order valence-corrected chi connectivity index (χ0v) is 11.3. The van der Waals surface area contributed by atoms with Gasteiger partial charge in [0.1, 0.15) is 12.2 Å². The SMILES string of the molecule is CCOC(=O)Cc1nc2cc(Br)ccc2n1C. The van der Waals surface area contributed by atoms with Gasteiger partial charge in [0, 0.05) is 11.5 Å². The molecule has 0 radical (unpaired) electrons. The molecule has 4 nitrogen and oxygen atoms in total. The maximum Gasteiger partial charge on any atom is 0.313 e. The van der Waals surface area contributed by atoms with Gasteiger partial charge in [-0.2, -0.15) is 0 Å². The summed E-state index contributed by atoms with van der Waals surface area (Å²) in [6, 6.07) is 5.86. The molecule has 0 aliphatic rings. The van der Waals surface area contributed by atoms with E-state index in [-0.39, 0.29) is 12.4 Å². The highest BCUT2D eigenvalue weighted by Crippen LogP contribution is 2.20. The molecule has 0 unspecified atom stereocenters. The number of carbonyl (C=O) groups excluding carboxylic acids is 1. The highest BCUT2D eigenvalue weighted by Gasteiger charge is 2.12. The van der Waals surface area contributed by atoms with Gasteiger partial charge in [-0.15, -0.1) is 0 Å². The van der Waals surface area contributed by atoms with E-state index in [4.69, 9.17) is 4.74 Å². The summed E-state index contributed by atoms with van der Waals surface area (Å²) in [5.74, 6) is 0.474. The second kappa shape index (κ2) is 4.87. The molecule has 0 fully saturated rings. The number of ether oxygens (including phenoxy) is 1. The van der Waals surface area contributed by atoms with Crippen LogP contribution in [-0.4, -0.2) is 22.1 Å². The van der Waals surface area contributed by atoms with Crippen LogP contribution in [0, 0.1) is 0 Å². The average molecular weight is 297 g/mol. The van der Waals surface area contributed by atoms with Crippen molar-refractivity contribution in [2.45, 2.75) is 13.3 Å². The second-order valence-electron chi connectivity index (χ2n) is 3.70. The van der Waals surface area contributed by atoms with Crippen LogP contribution in [0.5, 0.6) is 0 Å². The summed E-state index contributed by atoms with van der Waals surface area (Å²) in [6.45, 7) is 2.19. The van der Waals surface area contributed by atoms with Gasteiger partial charge in [-0.05, 0) is 25.1 Å². The predicted molar refractivity (Wildman–Crippen MR) is 68.8 cm³/mol. The fourth-order valence-electron chi connectivity index (χ4n) is 1.72. The van der Waals surface area contributed by atoms with Gasteiger partial charge < -0.3 is 9.30 Å². The van der Waals surface area contributed by atoms with E-state index in [0.29, 0.717) is 6.61 Å². The van der Waals surface area contributed by atoms with Gasteiger partial charge in [0.05, 0.1) is 17.6 Å². The Bertz CT molecular complexity index is 563. The van der Waals surface area contributed by atoms with Crippen molar-refractivity contribution in [3.05, 3.63) is 28.5 Å². The van der Waals surface area contributed by atoms with E-state index in [1.165, 1.54) is 0 Å². The number of hydrogen-bond acceptors (Lipinski definition) is 3. The van der Waals surface area contributed by atoms with Crippen LogP contribution in [0.2, 0.25) is 0 Å². The smallest absolute Gasteiger partial charge is 0.313 e. The highest BCUT2D eigenvalue weighted by atomic mass is 79.9. The Morgan fingerprint density at radius 2 is 2.29 bits per heavy atom. The van der Waals surface area contributed by atoms with Crippen LogP contribution in [0.25, 0.3) is 11.0 Å². The maximum atomic E-state index is 11.4. The van der Waals surface area contributed by atoms with Gasteiger partial charge in [0.2, 0.25) is 0 Å². The number of carbonyl (C=O) groups is 1. The van der Waals surface area contributed by atoms with E-state index in [2.05, 4.69) is 20.9 Å². The number of aromatic nitrogens is 2. The van der Waals surface area contributed by atoms with Gasteiger partial charge in [-0.3, -0.25) is 4.79 Å². The third kappa shape index (κ3) is 2.49. The summed E-state index contributed by atoms with van der Waals surface area (Å²) < 4.78 is 7.81. The van der Waals surface area contributed by atoms with Gasteiger partial charge in [-0.1, -0.05) is 15.9 Å². The minimum absolute atomic E-state index is 0.205. The molecule has 0 atom stereocenters. The average Bonchev–Trinajstić information content (AvgIpc) is 2.55. The standard InChI is InChI=1S/C12H13BrN2O2/c1-3-17-12(16)7-11-14-9-6-8(13)4-5-10(9)15(11)2/h4-6H,3,7H2,1-2H3. The van der Waals surface area contributed by atoms with Crippen molar-refractivity contribution in [1.29, 1.82) is 0 Å². The summed E-state index contributed by atoms with van der Waals surface area (Å²) in [6.07, 6.45) is 0.205. The van der Waals surface area contributed by atoms with Crippen molar-refractivity contribution in [2.24, 2.45) is 7.05 Å². The monoisotopic (exact) mass is 296 g/mol. The molecule has 0 saturated carbocycles. The van der Waals surface area contributed by atoms with Crippen LogP contribution in [0.15, 0.2) is 22.7 Å². The molecule has 1 heterocycles. The summed E-state index contributed by atoms with van der Waals surface area (Å²) in [4.78, 5) is 15.9. The minimum Gasteiger partial charge on any atom is -0.466 e. The van der Waals surface area contributed by atoms with Gasteiger partial charge in [0.15, 0.2) is 0 Å². The van der Waals surface area contributed by atoms with Crippen molar-refractivity contribution >= 4 is 32.9 Å². The lowest BCUT2D eigenvalue weighted by molar-refractivity contribution is -0.142. The molecule has 5 heteroatoms. The molecular formula is C12H13BrN2O2. The number of nitrogens with zero attached hydrogens (tertiary/aromatic N) is 2. The first-order valence-electron chi connectivity index (χ1n) is 5.38. The van der Waals surface area contributed by atoms with Crippen molar-refractivity contribution < 1.29 is 9.53 Å². The van der Waals surface area contributed by atoms with E-state index >= 15 is 0 Å². The number of halogens is 1. The Hall–Kier alpha value is -1.36. The lowest BCUT2D eigenvalue weighted by Crippen LogP contribution is -2.11. The number of benzene rings is 1. The third-order valence-corrected chi connectivity index (χ3v) is 3.04. The van der Waals surface area contributed by atoms with E-state index in [0.717, 1.165) is 21.3 Å². The molecule has 90 valence electrons. The predicted octanol–water partition coefficient (Wildman–Crippen LogP) is 2.44. The summed E-state index contributed by atoms with van der Waals surface area (Å²) in [7, 11) is 1.90. The topological polar surface area (TPSA) is 44.1 Å².